The molecule has 0 aliphatic heterocycles. The molecular formula is C13H16N4OS. The molecule has 0 radical (unpaired) electrons. The van der Waals surface area contributed by atoms with Crippen LogP contribution in [0.3, 0.4) is 0 Å². The highest BCUT2D eigenvalue weighted by molar-refractivity contribution is 7.17. The van der Waals surface area contributed by atoms with Gasteiger partial charge in [0, 0.05) is 19.3 Å². The van der Waals surface area contributed by atoms with Gasteiger partial charge in [0.2, 0.25) is 10.1 Å². The van der Waals surface area contributed by atoms with Crippen molar-refractivity contribution in [2.45, 2.75) is 13.8 Å². The van der Waals surface area contributed by atoms with E-state index in [1.807, 2.05) is 38.1 Å². The van der Waals surface area contributed by atoms with Gasteiger partial charge in [0.25, 0.3) is 5.91 Å². The Kier molecular flexibility index (Phi) is 4.11. The number of nitrogens with one attached hydrogen (secondary N) is 1. The van der Waals surface area contributed by atoms with Crippen molar-refractivity contribution in [3.8, 4) is 0 Å². The molecule has 0 aliphatic carbocycles. The maximum atomic E-state index is 12.4. The highest BCUT2D eigenvalue weighted by Crippen LogP contribution is 2.21. The normalized spacial score (nSPS) is 10.3. The Hall–Kier alpha value is -1.95. The van der Waals surface area contributed by atoms with E-state index in [1.54, 1.807) is 11.9 Å². The van der Waals surface area contributed by atoms with Gasteiger partial charge in [-0.15, -0.1) is 10.2 Å². The number of aromatic nitrogens is 2. The lowest BCUT2D eigenvalue weighted by Crippen LogP contribution is -2.30. The van der Waals surface area contributed by atoms with Gasteiger partial charge in [-0.1, -0.05) is 23.5 Å². The lowest BCUT2D eigenvalue weighted by atomic mass is 10.2. The number of hydrogen-bond donors (Lipinski definition) is 1. The Morgan fingerprint density at radius 3 is 2.79 bits per heavy atom. The number of nitrogens with zero attached hydrogens (tertiary/aromatic N) is 3. The van der Waals surface area contributed by atoms with E-state index in [9.17, 15) is 4.79 Å². The number of hydrogen-bond acceptors (Lipinski definition) is 5. The largest absolute Gasteiger partial charge is 0.363 e. The van der Waals surface area contributed by atoms with Crippen molar-refractivity contribution < 1.29 is 4.79 Å². The topological polar surface area (TPSA) is 58.1 Å². The molecule has 1 aromatic heterocycles. The first-order chi connectivity index (χ1) is 9.15. The fourth-order valence-corrected chi connectivity index (χ4v) is 2.41. The zero-order chi connectivity index (χ0) is 13.8. The fourth-order valence-electron chi connectivity index (χ4n) is 1.77. The molecule has 1 heterocycles. The quantitative estimate of drug-likeness (QED) is 0.932. The van der Waals surface area contributed by atoms with Gasteiger partial charge in [-0.3, -0.25) is 4.79 Å². The minimum Gasteiger partial charge on any atom is -0.363 e. The molecule has 1 aromatic carbocycles. The van der Waals surface area contributed by atoms with Crippen LogP contribution >= 0.6 is 11.3 Å². The number of benzene rings is 1. The van der Waals surface area contributed by atoms with Crippen LogP contribution in [-0.2, 0) is 0 Å². The van der Waals surface area contributed by atoms with Crippen molar-refractivity contribution in [1.82, 2.24) is 10.2 Å². The van der Waals surface area contributed by atoms with Crippen molar-refractivity contribution in [3.05, 3.63) is 34.8 Å². The van der Waals surface area contributed by atoms with Gasteiger partial charge in [-0.25, -0.2) is 0 Å². The van der Waals surface area contributed by atoms with Gasteiger partial charge in [0.15, 0.2) is 0 Å². The molecule has 0 spiro atoms. The van der Waals surface area contributed by atoms with E-state index in [1.165, 1.54) is 11.3 Å². The molecule has 5 nitrogen and oxygen atoms in total. The van der Waals surface area contributed by atoms with Gasteiger partial charge in [-0.05, 0) is 31.5 Å². The molecule has 0 atom stereocenters. The van der Waals surface area contributed by atoms with Crippen molar-refractivity contribution in [1.29, 1.82) is 0 Å². The van der Waals surface area contributed by atoms with Gasteiger partial charge < -0.3 is 10.2 Å². The molecule has 1 N–H and O–H groups in total. The van der Waals surface area contributed by atoms with Crippen molar-refractivity contribution >= 4 is 28.1 Å². The minimum absolute atomic E-state index is 0.118. The van der Waals surface area contributed by atoms with E-state index in [-0.39, 0.29) is 5.91 Å². The molecule has 2 aromatic rings. The van der Waals surface area contributed by atoms with Gasteiger partial charge >= 0.3 is 0 Å². The van der Waals surface area contributed by atoms with E-state index in [2.05, 4.69) is 15.5 Å². The molecule has 2 rings (SSSR count). The number of anilines is 2. The first kappa shape index (κ1) is 13.5. The monoisotopic (exact) mass is 276 g/mol. The van der Waals surface area contributed by atoms with E-state index in [0.717, 1.165) is 11.3 Å². The van der Waals surface area contributed by atoms with Gasteiger partial charge in [0.1, 0.15) is 0 Å². The predicted molar refractivity (Wildman–Crippen MR) is 78.0 cm³/mol. The van der Waals surface area contributed by atoms with Crippen LogP contribution in [0, 0.1) is 6.92 Å². The molecule has 19 heavy (non-hydrogen) atoms. The van der Waals surface area contributed by atoms with Crippen LogP contribution in [0.25, 0.3) is 0 Å². The number of amides is 1. The first-order valence-corrected chi connectivity index (χ1v) is 6.87. The van der Waals surface area contributed by atoms with Crippen LogP contribution in [0.4, 0.5) is 10.8 Å². The second-order valence-corrected chi connectivity index (χ2v) is 5.03. The van der Waals surface area contributed by atoms with E-state index < -0.39 is 0 Å². The lowest BCUT2D eigenvalue weighted by molar-refractivity contribution is 0.0987. The first-order valence-electron chi connectivity index (χ1n) is 6.05. The molecule has 0 bridgehead atoms. The van der Waals surface area contributed by atoms with E-state index in [0.29, 0.717) is 16.7 Å². The lowest BCUT2D eigenvalue weighted by Gasteiger charge is -2.19. The average Bonchev–Trinajstić information content (AvgIpc) is 2.88. The maximum absolute atomic E-state index is 12.4. The summed E-state index contributed by atoms with van der Waals surface area (Å²) in [6, 6.07) is 7.86. The standard InChI is InChI=1S/C13H16N4OS/c1-4-17(10-7-5-6-9(2)8-10)12(18)11-15-16-13(14-3)19-11/h5-8H,4H2,1-3H3,(H,14,16). The van der Waals surface area contributed by atoms with Crippen LogP contribution in [-0.4, -0.2) is 29.7 Å². The Morgan fingerprint density at radius 2 is 2.21 bits per heavy atom. The maximum Gasteiger partial charge on any atom is 0.289 e. The van der Waals surface area contributed by atoms with Crippen molar-refractivity contribution in [3.63, 3.8) is 0 Å². The highest BCUT2D eigenvalue weighted by atomic mass is 32.1. The van der Waals surface area contributed by atoms with E-state index >= 15 is 0 Å². The average molecular weight is 276 g/mol. The van der Waals surface area contributed by atoms with Crippen LogP contribution in [0.5, 0.6) is 0 Å². The zero-order valence-corrected chi connectivity index (χ0v) is 12.0. The van der Waals surface area contributed by atoms with Crippen molar-refractivity contribution in [2.75, 3.05) is 23.8 Å². The predicted octanol–water partition coefficient (Wildman–Crippen LogP) is 2.55. The fraction of sp³-hybridized carbons (Fsp3) is 0.308. The Labute approximate surface area is 116 Å². The second-order valence-electron chi connectivity index (χ2n) is 4.05. The summed E-state index contributed by atoms with van der Waals surface area (Å²) in [5, 5.41) is 11.7. The number of aryl methyl sites for hydroxylation is 1. The Morgan fingerprint density at radius 1 is 1.42 bits per heavy atom. The summed E-state index contributed by atoms with van der Waals surface area (Å²) in [6.07, 6.45) is 0. The van der Waals surface area contributed by atoms with Crippen LogP contribution in [0.2, 0.25) is 0 Å². The summed E-state index contributed by atoms with van der Waals surface area (Å²) in [4.78, 5) is 14.1. The van der Waals surface area contributed by atoms with Crippen molar-refractivity contribution in [2.24, 2.45) is 0 Å². The third-order valence-electron chi connectivity index (χ3n) is 2.70. The summed E-state index contributed by atoms with van der Waals surface area (Å²) in [5.41, 5.74) is 2.01. The van der Waals surface area contributed by atoms with E-state index in [4.69, 9.17) is 0 Å². The number of carbonyl (C=O) groups excluding carboxylic acids is 1. The Bertz CT molecular complexity index is 582. The summed E-state index contributed by atoms with van der Waals surface area (Å²) in [7, 11) is 1.76. The van der Waals surface area contributed by atoms with Crippen LogP contribution < -0.4 is 10.2 Å². The second kappa shape index (κ2) is 5.79. The van der Waals surface area contributed by atoms with Crippen LogP contribution in [0.1, 0.15) is 22.3 Å². The Balaban J connectivity index is 2.29. The van der Waals surface area contributed by atoms with Gasteiger partial charge in [-0.2, -0.15) is 0 Å². The summed E-state index contributed by atoms with van der Waals surface area (Å²) >= 11 is 1.26. The summed E-state index contributed by atoms with van der Waals surface area (Å²) in [6.45, 7) is 4.54. The van der Waals surface area contributed by atoms with Crippen LogP contribution in [0.15, 0.2) is 24.3 Å². The molecule has 0 saturated carbocycles. The molecule has 0 unspecified atom stereocenters. The molecule has 0 fully saturated rings. The molecular weight excluding hydrogens is 260 g/mol. The summed E-state index contributed by atoms with van der Waals surface area (Å²) < 4.78 is 0. The third-order valence-corrected chi connectivity index (χ3v) is 3.63. The SMILES string of the molecule is CCN(C(=O)c1nnc(NC)s1)c1cccc(C)c1. The summed E-state index contributed by atoms with van der Waals surface area (Å²) in [5.74, 6) is -0.118. The molecule has 1 amide bonds. The number of rotatable bonds is 4. The highest BCUT2D eigenvalue weighted by Gasteiger charge is 2.20. The van der Waals surface area contributed by atoms with Gasteiger partial charge in [0.05, 0.1) is 0 Å². The molecule has 6 heteroatoms. The molecule has 0 aliphatic rings. The molecule has 100 valence electrons. The number of carbonyl (C=O) groups is 1. The zero-order valence-electron chi connectivity index (χ0n) is 11.2. The third kappa shape index (κ3) is 2.90. The minimum atomic E-state index is -0.118. The molecule has 0 saturated heterocycles. The smallest absolute Gasteiger partial charge is 0.289 e.